The average molecular weight is 387 g/mol. The maximum absolute atomic E-state index is 13.7. The zero-order valence-electron chi connectivity index (χ0n) is 15.1. The monoisotopic (exact) mass is 387 g/mol. The molecule has 0 unspecified atom stereocenters. The topological polar surface area (TPSA) is 111 Å². The first-order valence-electron chi connectivity index (χ1n) is 8.23. The number of phenols is 1. The van der Waals surface area contributed by atoms with E-state index in [9.17, 15) is 23.5 Å². The zero-order valence-corrected chi connectivity index (χ0v) is 15.1. The quantitative estimate of drug-likeness (QED) is 0.641. The number of hydrogen-bond donors (Lipinski definition) is 3. The number of halogens is 2. The summed E-state index contributed by atoms with van der Waals surface area (Å²) in [5.74, 6) is -3.02. The highest BCUT2D eigenvalue weighted by molar-refractivity contribution is 5.98. The molecule has 1 amide bonds. The van der Waals surface area contributed by atoms with E-state index in [1.54, 1.807) is 19.9 Å². The standard InChI is InChI=1S/C20H17F2N3O3.H2/c1-9-3-4-16(26)10(2)17(9)25-18(23)15(19(24)27)8-14(20(25)28)11-5-12(21)7-13(22)6-11;/h3-8,26H,23H2,1-2H3,(H2,24,27);1H. The maximum atomic E-state index is 13.7. The van der Waals surface area contributed by atoms with E-state index in [-0.39, 0.29) is 35.4 Å². The van der Waals surface area contributed by atoms with Gasteiger partial charge in [-0.1, -0.05) is 6.07 Å². The first-order chi connectivity index (χ1) is 13.1. The van der Waals surface area contributed by atoms with Crippen LogP contribution in [0.3, 0.4) is 0 Å². The Morgan fingerprint density at radius 2 is 1.71 bits per heavy atom. The van der Waals surface area contributed by atoms with Crippen molar-refractivity contribution < 1.29 is 20.1 Å². The Bertz CT molecular complexity index is 1170. The molecular weight excluding hydrogens is 368 g/mol. The number of aromatic nitrogens is 1. The highest BCUT2D eigenvalue weighted by Crippen LogP contribution is 2.30. The molecule has 0 saturated carbocycles. The van der Waals surface area contributed by atoms with E-state index < -0.39 is 23.1 Å². The molecule has 8 heteroatoms. The lowest BCUT2D eigenvalue weighted by molar-refractivity contribution is 0.100. The molecule has 0 spiro atoms. The minimum absolute atomic E-state index is 0. The fourth-order valence-electron chi connectivity index (χ4n) is 3.13. The van der Waals surface area contributed by atoms with Crippen LogP contribution >= 0.6 is 0 Å². The SMILES string of the molecule is Cc1ccc(O)c(C)c1-n1c(N)c(C(N)=O)cc(-c2cc(F)cc(F)c2)c1=O.[HH]. The Hall–Kier alpha value is -3.68. The fourth-order valence-corrected chi connectivity index (χ4v) is 3.13. The third-order valence-corrected chi connectivity index (χ3v) is 4.51. The van der Waals surface area contributed by atoms with Crippen molar-refractivity contribution in [2.75, 3.05) is 5.73 Å². The van der Waals surface area contributed by atoms with E-state index in [0.717, 1.165) is 22.8 Å². The van der Waals surface area contributed by atoms with Crippen molar-refractivity contribution >= 4 is 11.7 Å². The van der Waals surface area contributed by atoms with Gasteiger partial charge in [0.1, 0.15) is 23.2 Å². The van der Waals surface area contributed by atoms with Gasteiger partial charge in [-0.2, -0.15) is 0 Å². The summed E-state index contributed by atoms with van der Waals surface area (Å²) < 4.78 is 28.4. The van der Waals surface area contributed by atoms with Gasteiger partial charge in [-0.3, -0.25) is 14.2 Å². The van der Waals surface area contributed by atoms with Crippen LogP contribution in [0.1, 0.15) is 22.9 Å². The minimum Gasteiger partial charge on any atom is -0.508 e. The molecule has 1 heterocycles. The number of carbonyl (C=O) groups excluding carboxylic acids is 1. The van der Waals surface area contributed by atoms with Gasteiger partial charge in [0, 0.05) is 18.6 Å². The number of anilines is 1. The number of aromatic hydroxyl groups is 1. The number of carbonyl (C=O) groups is 1. The summed E-state index contributed by atoms with van der Waals surface area (Å²) in [5, 5.41) is 10.1. The molecule has 0 atom stereocenters. The summed E-state index contributed by atoms with van der Waals surface area (Å²) >= 11 is 0. The van der Waals surface area contributed by atoms with Gasteiger partial charge in [-0.05, 0) is 49.2 Å². The Labute approximate surface area is 160 Å². The lowest BCUT2D eigenvalue weighted by Gasteiger charge is -2.19. The Morgan fingerprint density at radius 3 is 2.29 bits per heavy atom. The van der Waals surface area contributed by atoms with Gasteiger partial charge in [-0.15, -0.1) is 0 Å². The molecule has 1 aromatic heterocycles. The molecule has 28 heavy (non-hydrogen) atoms. The third-order valence-electron chi connectivity index (χ3n) is 4.51. The fraction of sp³-hybridized carbons (Fsp3) is 0.100. The number of benzene rings is 2. The summed E-state index contributed by atoms with van der Waals surface area (Å²) in [6.07, 6.45) is 0. The zero-order chi connectivity index (χ0) is 20.7. The van der Waals surface area contributed by atoms with Crippen molar-refractivity contribution in [2.24, 2.45) is 5.73 Å². The second-order valence-corrected chi connectivity index (χ2v) is 6.40. The molecule has 0 radical (unpaired) electrons. The van der Waals surface area contributed by atoms with Crippen molar-refractivity contribution in [1.29, 1.82) is 0 Å². The van der Waals surface area contributed by atoms with Gasteiger partial charge in [0.2, 0.25) is 0 Å². The lowest BCUT2D eigenvalue weighted by atomic mass is 10.0. The van der Waals surface area contributed by atoms with Crippen LogP contribution in [0.15, 0.2) is 41.2 Å². The number of hydrogen-bond acceptors (Lipinski definition) is 4. The Kier molecular flexibility index (Phi) is 4.64. The highest BCUT2D eigenvalue weighted by Gasteiger charge is 2.22. The molecule has 0 saturated heterocycles. The van der Waals surface area contributed by atoms with Gasteiger partial charge < -0.3 is 16.6 Å². The van der Waals surface area contributed by atoms with Crippen LogP contribution in [0.4, 0.5) is 14.6 Å². The van der Waals surface area contributed by atoms with Crippen molar-refractivity contribution in [1.82, 2.24) is 4.57 Å². The molecule has 3 aromatic rings. The van der Waals surface area contributed by atoms with Gasteiger partial charge >= 0.3 is 0 Å². The number of nitrogen functional groups attached to an aromatic ring is 1. The molecule has 0 bridgehead atoms. The van der Waals surface area contributed by atoms with Crippen LogP contribution in [0.5, 0.6) is 5.75 Å². The lowest BCUT2D eigenvalue weighted by Crippen LogP contribution is -2.28. The van der Waals surface area contributed by atoms with Crippen LogP contribution in [0.2, 0.25) is 0 Å². The predicted molar refractivity (Wildman–Crippen MR) is 104 cm³/mol. The van der Waals surface area contributed by atoms with E-state index in [1.807, 2.05) is 0 Å². The number of pyridine rings is 1. The van der Waals surface area contributed by atoms with Crippen molar-refractivity contribution in [3.8, 4) is 22.6 Å². The molecule has 0 fully saturated rings. The van der Waals surface area contributed by atoms with Crippen LogP contribution < -0.4 is 17.0 Å². The normalized spacial score (nSPS) is 10.9. The summed E-state index contributed by atoms with van der Waals surface area (Å²) in [4.78, 5) is 25.1. The first kappa shape index (κ1) is 19.1. The van der Waals surface area contributed by atoms with Crippen molar-refractivity contribution in [3.05, 3.63) is 75.1 Å². The highest BCUT2D eigenvalue weighted by atomic mass is 19.1. The number of amides is 1. The molecule has 0 aliphatic carbocycles. The molecule has 0 aliphatic rings. The molecule has 0 aliphatic heterocycles. The van der Waals surface area contributed by atoms with Gasteiger partial charge in [0.25, 0.3) is 11.5 Å². The van der Waals surface area contributed by atoms with Crippen molar-refractivity contribution in [2.45, 2.75) is 13.8 Å². The summed E-state index contributed by atoms with van der Waals surface area (Å²) in [6, 6.07) is 6.73. The van der Waals surface area contributed by atoms with Crippen LogP contribution in [-0.4, -0.2) is 15.6 Å². The molecule has 5 N–H and O–H groups in total. The maximum Gasteiger partial charge on any atom is 0.264 e. The van der Waals surface area contributed by atoms with Crippen LogP contribution in [-0.2, 0) is 0 Å². The number of rotatable bonds is 3. The van der Waals surface area contributed by atoms with Gasteiger partial charge in [0.15, 0.2) is 0 Å². The van der Waals surface area contributed by atoms with E-state index in [0.29, 0.717) is 17.2 Å². The second-order valence-electron chi connectivity index (χ2n) is 6.40. The first-order valence-corrected chi connectivity index (χ1v) is 8.23. The van der Waals surface area contributed by atoms with Crippen LogP contribution in [0, 0.1) is 25.5 Å². The number of nitrogens with zero attached hydrogens (tertiary/aromatic N) is 1. The number of nitrogens with two attached hydrogens (primary N) is 2. The smallest absolute Gasteiger partial charge is 0.264 e. The largest absolute Gasteiger partial charge is 0.508 e. The van der Waals surface area contributed by atoms with Gasteiger partial charge in [-0.25, -0.2) is 8.78 Å². The molecule has 6 nitrogen and oxygen atoms in total. The number of aryl methyl sites for hydroxylation is 1. The number of phenolic OH excluding ortho intramolecular Hbond substituents is 1. The van der Waals surface area contributed by atoms with Crippen LogP contribution in [0.25, 0.3) is 16.8 Å². The molecule has 3 rings (SSSR count). The number of primary amides is 1. The average Bonchev–Trinajstić information content (AvgIpc) is 2.60. The van der Waals surface area contributed by atoms with E-state index in [1.165, 1.54) is 6.07 Å². The minimum atomic E-state index is -0.917. The summed E-state index contributed by atoms with van der Waals surface area (Å²) in [5.41, 5.74) is 11.5. The van der Waals surface area contributed by atoms with Crippen molar-refractivity contribution in [3.63, 3.8) is 0 Å². The Morgan fingerprint density at radius 1 is 1.11 bits per heavy atom. The molecule has 146 valence electrons. The second kappa shape index (κ2) is 6.80. The van der Waals surface area contributed by atoms with E-state index >= 15 is 0 Å². The van der Waals surface area contributed by atoms with E-state index in [4.69, 9.17) is 11.5 Å². The summed E-state index contributed by atoms with van der Waals surface area (Å²) in [7, 11) is 0. The predicted octanol–water partition coefficient (Wildman–Crippen LogP) is 3.03. The molecule has 2 aromatic carbocycles. The van der Waals surface area contributed by atoms with E-state index in [2.05, 4.69) is 0 Å². The summed E-state index contributed by atoms with van der Waals surface area (Å²) in [6.45, 7) is 3.26. The molecular formula is C20H19F2N3O3. The third kappa shape index (κ3) is 3.09. The van der Waals surface area contributed by atoms with Gasteiger partial charge in [0.05, 0.1) is 11.3 Å². The Balaban J connectivity index is 0.00000300.